The second kappa shape index (κ2) is 9.09. The number of aromatic nitrogens is 2. The van der Waals surface area contributed by atoms with Gasteiger partial charge in [0, 0.05) is 36.1 Å². The number of aromatic amines is 1. The van der Waals surface area contributed by atoms with E-state index in [1.165, 1.54) is 4.57 Å². The van der Waals surface area contributed by atoms with Gasteiger partial charge in [-0.3, -0.25) is 14.2 Å². The molecule has 1 aromatic heterocycles. The highest BCUT2D eigenvalue weighted by Gasteiger charge is 2.12. The molecule has 0 saturated heterocycles. The largest absolute Gasteiger partial charge is 0.369 e. The highest BCUT2D eigenvalue weighted by molar-refractivity contribution is 7.71. The topological polar surface area (TPSA) is 70.1 Å². The third-order valence-corrected chi connectivity index (χ3v) is 5.30. The Kier molecular flexibility index (Phi) is 6.52. The van der Waals surface area contributed by atoms with Crippen LogP contribution in [0.15, 0.2) is 59.9 Å². The molecule has 0 aliphatic carbocycles. The minimum atomic E-state index is -0.254. The van der Waals surface area contributed by atoms with Gasteiger partial charge in [-0.25, -0.2) is 0 Å². The zero-order valence-electron chi connectivity index (χ0n) is 17.4. The molecule has 0 aliphatic rings. The number of carbonyl (C=O) groups is 1. The molecule has 3 rings (SSSR count). The van der Waals surface area contributed by atoms with Gasteiger partial charge in [0.25, 0.3) is 11.5 Å². The Morgan fingerprint density at radius 3 is 2.57 bits per heavy atom. The quantitative estimate of drug-likeness (QED) is 0.426. The van der Waals surface area contributed by atoms with Crippen LogP contribution in [-0.4, -0.2) is 28.0 Å². The molecule has 3 aromatic rings. The van der Waals surface area contributed by atoms with E-state index in [0.717, 1.165) is 12.2 Å². The van der Waals surface area contributed by atoms with E-state index >= 15 is 0 Å². The van der Waals surface area contributed by atoms with Crippen LogP contribution >= 0.6 is 12.2 Å². The molecule has 0 spiro atoms. The minimum Gasteiger partial charge on any atom is -0.369 e. The van der Waals surface area contributed by atoms with Gasteiger partial charge < -0.3 is 15.2 Å². The smallest absolute Gasteiger partial charge is 0.262 e. The van der Waals surface area contributed by atoms with Gasteiger partial charge in [0.05, 0.1) is 10.9 Å². The average molecular weight is 423 g/mol. The molecule has 0 bridgehead atoms. The summed E-state index contributed by atoms with van der Waals surface area (Å²) in [6, 6.07) is 13.1. The SMILES string of the molecule is C=CCn1c(=S)[nH]c2cc(C(=O)Nc3ccc(N(CC)C(C)C)cc3)ccc2c1=O. The van der Waals surface area contributed by atoms with Crippen LogP contribution in [0.5, 0.6) is 0 Å². The molecule has 0 saturated carbocycles. The minimum absolute atomic E-state index is 0.207. The van der Waals surface area contributed by atoms with Crippen molar-refractivity contribution in [3.63, 3.8) is 0 Å². The predicted molar refractivity (Wildman–Crippen MR) is 126 cm³/mol. The Bertz CT molecular complexity index is 1190. The van der Waals surface area contributed by atoms with Crippen molar-refractivity contribution in [2.45, 2.75) is 33.4 Å². The Morgan fingerprint density at radius 1 is 1.27 bits per heavy atom. The van der Waals surface area contributed by atoms with E-state index in [1.54, 1.807) is 24.3 Å². The van der Waals surface area contributed by atoms with Crippen molar-refractivity contribution in [2.75, 3.05) is 16.8 Å². The molecule has 0 unspecified atom stereocenters. The van der Waals surface area contributed by atoms with E-state index in [9.17, 15) is 9.59 Å². The van der Waals surface area contributed by atoms with Gasteiger partial charge in [-0.1, -0.05) is 6.08 Å². The lowest BCUT2D eigenvalue weighted by molar-refractivity contribution is 0.102. The van der Waals surface area contributed by atoms with Crippen LogP contribution in [-0.2, 0) is 6.54 Å². The molecule has 0 atom stereocenters. The van der Waals surface area contributed by atoms with E-state index in [4.69, 9.17) is 12.2 Å². The first-order valence-corrected chi connectivity index (χ1v) is 10.3. The highest BCUT2D eigenvalue weighted by atomic mass is 32.1. The number of carbonyl (C=O) groups excluding carboxylic acids is 1. The Labute approximate surface area is 180 Å². The number of fused-ring (bicyclic) bond motifs is 1. The lowest BCUT2D eigenvalue weighted by atomic mass is 10.1. The summed E-state index contributed by atoms with van der Waals surface area (Å²) in [4.78, 5) is 30.6. The number of nitrogens with zero attached hydrogens (tertiary/aromatic N) is 2. The van der Waals surface area contributed by atoms with Crippen LogP contribution in [0.25, 0.3) is 10.9 Å². The van der Waals surface area contributed by atoms with Crippen LogP contribution < -0.4 is 15.8 Å². The monoisotopic (exact) mass is 422 g/mol. The third-order valence-electron chi connectivity index (χ3n) is 4.98. The highest BCUT2D eigenvalue weighted by Crippen LogP contribution is 2.20. The van der Waals surface area contributed by atoms with Crippen molar-refractivity contribution in [2.24, 2.45) is 0 Å². The normalized spacial score (nSPS) is 10.9. The number of allylic oxidation sites excluding steroid dienone is 1. The Balaban J connectivity index is 1.85. The first kappa shape index (κ1) is 21.5. The summed E-state index contributed by atoms with van der Waals surface area (Å²) in [7, 11) is 0. The predicted octanol–water partition coefficient (Wildman–Crippen LogP) is 4.73. The fourth-order valence-corrected chi connectivity index (χ4v) is 3.74. The standard InChI is InChI=1S/C23H26N4O2S/c1-5-13-27-22(29)19-12-7-16(14-20(19)25-23(27)30)21(28)24-17-8-10-18(11-9-17)26(6-2)15(3)4/h5,7-12,14-15H,1,6,13H2,2-4H3,(H,24,28)(H,25,30). The summed E-state index contributed by atoms with van der Waals surface area (Å²) in [5, 5.41) is 3.38. The van der Waals surface area contributed by atoms with Crippen molar-refractivity contribution in [3.8, 4) is 0 Å². The molecule has 2 N–H and O–H groups in total. The fraction of sp³-hybridized carbons (Fsp3) is 0.261. The number of hydrogen-bond acceptors (Lipinski definition) is 4. The maximum absolute atomic E-state index is 12.7. The van der Waals surface area contributed by atoms with Crippen molar-refractivity contribution in [1.29, 1.82) is 0 Å². The number of hydrogen-bond donors (Lipinski definition) is 2. The zero-order chi connectivity index (χ0) is 21.8. The lowest BCUT2D eigenvalue weighted by Gasteiger charge is -2.27. The second-order valence-electron chi connectivity index (χ2n) is 7.28. The van der Waals surface area contributed by atoms with Crippen molar-refractivity contribution >= 4 is 40.4 Å². The number of amides is 1. The van der Waals surface area contributed by atoms with Crippen molar-refractivity contribution in [1.82, 2.24) is 9.55 Å². The summed E-state index contributed by atoms with van der Waals surface area (Å²) in [5.74, 6) is -0.254. The van der Waals surface area contributed by atoms with Gasteiger partial charge in [-0.2, -0.15) is 0 Å². The number of rotatable bonds is 7. The molecule has 1 amide bonds. The van der Waals surface area contributed by atoms with Gasteiger partial charge in [0.2, 0.25) is 0 Å². The van der Waals surface area contributed by atoms with E-state index in [-0.39, 0.29) is 11.5 Å². The summed E-state index contributed by atoms with van der Waals surface area (Å²) in [5.41, 5.74) is 2.58. The Morgan fingerprint density at radius 2 is 1.97 bits per heavy atom. The lowest BCUT2D eigenvalue weighted by Crippen LogP contribution is -2.30. The van der Waals surface area contributed by atoms with Gasteiger partial charge in [0.15, 0.2) is 4.77 Å². The molecule has 7 heteroatoms. The number of anilines is 2. The van der Waals surface area contributed by atoms with Crippen LogP contribution in [0, 0.1) is 4.77 Å². The van der Waals surface area contributed by atoms with Crippen molar-refractivity contribution in [3.05, 3.63) is 75.8 Å². The van der Waals surface area contributed by atoms with Crippen LogP contribution in [0.3, 0.4) is 0 Å². The van der Waals surface area contributed by atoms with Crippen LogP contribution in [0.2, 0.25) is 0 Å². The maximum atomic E-state index is 12.7. The van der Waals surface area contributed by atoms with Gasteiger partial charge >= 0.3 is 0 Å². The molecule has 6 nitrogen and oxygen atoms in total. The molecule has 0 radical (unpaired) electrons. The van der Waals surface area contributed by atoms with Crippen LogP contribution in [0.4, 0.5) is 11.4 Å². The summed E-state index contributed by atoms with van der Waals surface area (Å²) in [6.07, 6.45) is 1.62. The Hall–Kier alpha value is -3.19. The summed E-state index contributed by atoms with van der Waals surface area (Å²) in [6.45, 7) is 11.3. The average Bonchev–Trinajstić information content (AvgIpc) is 2.72. The van der Waals surface area contributed by atoms with Crippen LogP contribution in [0.1, 0.15) is 31.1 Å². The molecule has 30 heavy (non-hydrogen) atoms. The van der Waals surface area contributed by atoms with Gasteiger partial charge in [-0.05, 0) is 75.5 Å². The molecule has 0 aliphatic heterocycles. The third kappa shape index (κ3) is 4.36. The number of H-pyrrole nitrogens is 1. The molecular formula is C23H26N4O2S. The van der Waals surface area contributed by atoms with Gasteiger partial charge in [-0.15, -0.1) is 6.58 Å². The van der Waals surface area contributed by atoms with E-state index in [0.29, 0.717) is 39.5 Å². The number of benzene rings is 2. The zero-order valence-corrected chi connectivity index (χ0v) is 18.3. The van der Waals surface area contributed by atoms with Crippen molar-refractivity contribution < 1.29 is 4.79 Å². The van der Waals surface area contributed by atoms with E-state index in [1.807, 2.05) is 24.3 Å². The van der Waals surface area contributed by atoms with E-state index in [2.05, 4.69) is 42.6 Å². The van der Waals surface area contributed by atoms with E-state index < -0.39 is 0 Å². The molecule has 0 fully saturated rings. The number of nitrogens with one attached hydrogen (secondary N) is 2. The summed E-state index contributed by atoms with van der Waals surface area (Å²) < 4.78 is 1.73. The molecule has 2 aromatic carbocycles. The first-order valence-electron chi connectivity index (χ1n) is 9.91. The molecular weight excluding hydrogens is 396 g/mol. The second-order valence-corrected chi connectivity index (χ2v) is 7.66. The van der Waals surface area contributed by atoms with Gasteiger partial charge in [0.1, 0.15) is 0 Å². The summed E-state index contributed by atoms with van der Waals surface area (Å²) >= 11 is 5.26. The first-order chi connectivity index (χ1) is 14.3. The molecule has 1 heterocycles. The maximum Gasteiger partial charge on any atom is 0.262 e. The molecule has 156 valence electrons. The fourth-order valence-electron chi connectivity index (χ4n) is 3.48.